The molecule has 0 unspecified atom stereocenters. The zero-order valence-corrected chi connectivity index (χ0v) is 25.1. The predicted molar refractivity (Wildman–Crippen MR) is 155 cm³/mol. The van der Waals surface area contributed by atoms with Crippen molar-refractivity contribution in [2.75, 3.05) is 26.2 Å². The van der Waals surface area contributed by atoms with Gasteiger partial charge in [-0.15, -0.1) is 0 Å². The first-order valence-electron chi connectivity index (χ1n) is 14.1. The first-order valence-corrected chi connectivity index (χ1v) is 14.1. The molecule has 1 aromatic rings. The number of alkyl carbamates (subject to hydrolysis) is 2. The number of guanidine groups is 1. The summed E-state index contributed by atoms with van der Waals surface area (Å²) in [5.74, 6) is 0.571. The number of rotatable bonds is 15. The number of hydrogen-bond donors (Lipinski definition) is 3. The summed E-state index contributed by atoms with van der Waals surface area (Å²) in [5.41, 5.74) is -0.812. The molecule has 11 nitrogen and oxygen atoms in total. The summed E-state index contributed by atoms with van der Waals surface area (Å²) in [6.07, 6.45) is 8.51. The molecule has 40 heavy (non-hydrogen) atoms. The number of nitrogens with zero attached hydrogens (tertiary/aromatic N) is 3. The topological polar surface area (TPSA) is 147 Å². The number of unbranched alkanes of at least 4 members (excludes halogenated alkanes) is 6. The predicted octanol–water partition coefficient (Wildman–Crippen LogP) is 5.45. The van der Waals surface area contributed by atoms with Crippen LogP contribution in [0.25, 0.3) is 0 Å². The molecule has 0 radical (unpaired) electrons. The lowest BCUT2D eigenvalue weighted by atomic mass is 10.1. The van der Waals surface area contributed by atoms with Crippen LogP contribution in [0.15, 0.2) is 23.3 Å². The van der Waals surface area contributed by atoms with Crippen molar-refractivity contribution >= 4 is 18.1 Å². The van der Waals surface area contributed by atoms with Crippen LogP contribution < -0.4 is 20.7 Å². The second-order valence-corrected chi connectivity index (χ2v) is 11.4. The summed E-state index contributed by atoms with van der Waals surface area (Å²) in [6, 6.07) is 5.46. The van der Waals surface area contributed by atoms with E-state index in [4.69, 9.17) is 19.5 Å². The normalized spacial score (nSPS) is 11.2. The van der Waals surface area contributed by atoms with E-state index in [1.807, 2.05) is 6.07 Å². The van der Waals surface area contributed by atoms with E-state index in [0.29, 0.717) is 24.6 Å². The Morgan fingerprint density at radius 3 is 1.93 bits per heavy atom. The molecule has 0 saturated carbocycles. The molecule has 0 aromatic carbocycles. The van der Waals surface area contributed by atoms with Crippen molar-refractivity contribution in [1.29, 1.82) is 5.26 Å². The maximum atomic E-state index is 12.1. The van der Waals surface area contributed by atoms with E-state index < -0.39 is 23.4 Å². The maximum absolute atomic E-state index is 12.1. The van der Waals surface area contributed by atoms with E-state index in [2.05, 4.69) is 25.9 Å². The van der Waals surface area contributed by atoms with Crippen molar-refractivity contribution in [3.05, 3.63) is 23.9 Å². The van der Waals surface area contributed by atoms with Crippen molar-refractivity contribution in [1.82, 2.24) is 20.9 Å². The Kier molecular flexibility index (Phi) is 16.3. The van der Waals surface area contributed by atoms with Crippen LogP contribution in [-0.2, 0) is 9.47 Å². The molecule has 0 aliphatic carbocycles. The van der Waals surface area contributed by atoms with Gasteiger partial charge in [0.2, 0.25) is 11.8 Å². The summed E-state index contributed by atoms with van der Waals surface area (Å²) >= 11 is 0. The number of aliphatic imine (C=N–C) groups is 1. The number of aromatic nitrogens is 1. The third-order valence-corrected chi connectivity index (χ3v) is 5.13. The van der Waals surface area contributed by atoms with E-state index in [1.165, 1.54) is 6.20 Å². The summed E-state index contributed by atoms with van der Waals surface area (Å²) < 4.78 is 16.1. The molecule has 0 atom stereocenters. The van der Waals surface area contributed by atoms with Crippen LogP contribution in [0.2, 0.25) is 0 Å². The molecule has 2 amide bonds. The van der Waals surface area contributed by atoms with E-state index in [0.717, 1.165) is 64.5 Å². The summed E-state index contributed by atoms with van der Waals surface area (Å²) in [5, 5.41) is 17.2. The standard InChI is InChI=1S/C29H48N6O5/c1-28(2,3)39-26(36)34-25(35-27(37)40-29(4,5)6)32-19-12-10-8-7-9-11-17-31-18-13-14-20-38-24-16-15-23(21-30)22-33-24/h15-16,22,31H,7-14,17-20H2,1-6H3,(H2,32,34,35,36,37). The molecule has 1 heterocycles. The minimum atomic E-state index is -0.690. The molecule has 224 valence electrons. The number of hydrogen-bond acceptors (Lipinski definition) is 9. The van der Waals surface area contributed by atoms with Gasteiger partial charge in [-0.2, -0.15) is 5.26 Å². The first-order chi connectivity index (χ1) is 18.9. The van der Waals surface area contributed by atoms with Gasteiger partial charge in [-0.05, 0) is 86.4 Å². The number of carbonyl (C=O) groups is 2. The van der Waals surface area contributed by atoms with Gasteiger partial charge < -0.3 is 19.5 Å². The highest BCUT2D eigenvalue weighted by molar-refractivity contribution is 6.01. The van der Waals surface area contributed by atoms with Gasteiger partial charge in [-0.25, -0.2) is 14.6 Å². The lowest BCUT2D eigenvalue weighted by Crippen LogP contribution is -2.47. The monoisotopic (exact) mass is 560 g/mol. The lowest BCUT2D eigenvalue weighted by molar-refractivity contribution is 0.0545. The van der Waals surface area contributed by atoms with E-state index in [9.17, 15) is 9.59 Å². The SMILES string of the molecule is CC(C)(C)OC(=O)NC(=NCCCCCCCCNCCCCOc1ccc(C#N)cn1)NC(=O)OC(C)(C)C. The van der Waals surface area contributed by atoms with Crippen LogP contribution in [0, 0.1) is 11.3 Å². The van der Waals surface area contributed by atoms with E-state index in [1.54, 1.807) is 53.7 Å². The van der Waals surface area contributed by atoms with Crippen LogP contribution in [0.3, 0.4) is 0 Å². The second-order valence-electron chi connectivity index (χ2n) is 11.4. The fraction of sp³-hybridized carbons (Fsp3) is 0.690. The highest BCUT2D eigenvalue weighted by Crippen LogP contribution is 2.09. The Bertz CT molecular complexity index is 914. The molecule has 0 saturated heterocycles. The highest BCUT2D eigenvalue weighted by Gasteiger charge is 2.21. The number of nitrogens with one attached hydrogen (secondary N) is 3. The molecule has 11 heteroatoms. The molecular weight excluding hydrogens is 512 g/mol. The Morgan fingerprint density at radius 2 is 1.40 bits per heavy atom. The lowest BCUT2D eigenvalue weighted by Gasteiger charge is -2.22. The Balaban J connectivity index is 2.13. The number of pyridine rings is 1. The van der Waals surface area contributed by atoms with Crippen molar-refractivity contribution < 1.29 is 23.8 Å². The van der Waals surface area contributed by atoms with Gasteiger partial charge in [-0.3, -0.25) is 15.6 Å². The van der Waals surface area contributed by atoms with Gasteiger partial charge in [0, 0.05) is 18.8 Å². The molecule has 0 aliphatic rings. The van der Waals surface area contributed by atoms with Gasteiger partial charge >= 0.3 is 12.2 Å². The molecule has 1 aromatic heterocycles. The molecule has 1 rings (SSSR count). The van der Waals surface area contributed by atoms with Crippen molar-refractivity contribution in [3.8, 4) is 11.9 Å². The number of nitriles is 1. The van der Waals surface area contributed by atoms with E-state index >= 15 is 0 Å². The molecule has 3 N–H and O–H groups in total. The first kappa shape index (κ1) is 34.6. The molecule has 0 bridgehead atoms. The summed E-state index contributed by atoms with van der Waals surface area (Å²) in [7, 11) is 0. The zero-order valence-electron chi connectivity index (χ0n) is 25.1. The van der Waals surface area contributed by atoms with Crippen molar-refractivity contribution in [3.63, 3.8) is 0 Å². The Hall–Kier alpha value is -3.39. The molecular formula is C29H48N6O5. The average molecular weight is 561 g/mol. The largest absolute Gasteiger partial charge is 0.478 e. The van der Waals surface area contributed by atoms with Crippen LogP contribution >= 0.6 is 0 Å². The molecule has 0 fully saturated rings. The summed E-state index contributed by atoms with van der Waals surface area (Å²) in [4.78, 5) is 32.7. The van der Waals surface area contributed by atoms with Gasteiger partial charge in [0.15, 0.2) is 0 Å². The van der Waals surface area contributed by atoms with Gasteiger partial charge in [0.25, 0.3) is 0 Å². The number of amides is 2. The van der Waals surface area contributed by atoms with Crippen LogP contribution in [0.4, 0.5) is 9.59 Å². The highest BCUT2D eigenvalue weighted by atomic mass is 16.6. The number of carbonyl (C=O) groups excluding carboxylic acids is 2. The third kappa shape index (κ3) is 19.6. The maximum Gasteiger partial charge on any atom is 0.414 e. The minimum absolute atomic E-state index is 0.0204. The third-order valence-electron chi connectivity index (χ3n) is 5.13. The van der Waals surface area contributed by atoms with Crippen molar-refractivity contribution in [2.45, 2.75) is 104 Å². The van der Waals surface area contributed by atoms with Crippen LogP contribution in [0.1, 0.15) is 98.5 Å². The van der Waals surface area contributed by atoms with Crippen LogP contribution in [-0.4, -0.2) is 60.6 Å². The Morgan fingerprint density at radius 1 is 0.850 bits per heavy atom. The smallest absolute Gasteiger partial charge is 0.414 e. The fourth-order valence-electron chi connectivity index (χ4n) is 3.36. The zero-order chi connectivity index (χ0) is 29.9. The van der Waals surface area contributed by atoms with Crippen LogP contribution in [0.5, 0.6) is 5.88 Å². The van der Waals surface area contributed by atoms with E-state index in [-0.39, 0.29) is 5.96 Å². The Labute approximate surface area is 239 Å². The second kappa shape index (κ2) is 18.8. The van der Waals surface area contributed by atoms with Gasteiger partial charge in [0.05, 0.1) is 12.2 Å². The van der Waals surface area contributed by atoms with Gasteiger partial charge in [-0.1, -0.05) is 25.7 Å². The summed E-state index contributed by atoms with van der Waals surface area (Å²) in [6.45, 7) is 13.6. The fourth-order valence-corrected chi connectivity index (χ4v) is 3.36. The minimum Gasteiger partial charge on any atom is -0.478 e. The molecule has 0 aliphatic heterocycles. The quantitative estimate of drug-likeness (QED) is 0.146. The number of ether oxygens (including phenoxy) is 3. The van der Waals surface area contributed by atoms with Crippen molar-refractivity contribution in [2.24, 2.45) is 4.99 Å². The average Bonchev–Trinajstić information content (AvgIpc) is 2.84. The van der Waals surface area contributed by atoms with Gasteiger partial charge in [0.1, 0.15) is 17.3 Å². The molecule has 0 spiro atoms.